The van der Waals surface area contributed by atoms with Gasteiger partial charge in [-0.05, 0) is 49.2 Å². The van der Waals surface area contributed by atoms with Crippen molar-refractivity contribution in [3.8, 4) is 11.5 Å². The van der Waals surface area contributed by atoms with Crippen LogP contribution in [0.15, 0.2) is 71.3 Å². The van der Waals surface area contributed by atoms with Crippen molar-refractivity contribution in [3.63, 3.8) is 0 Å². The van der Waals surface area contributed by atoms with Crippen molar-refractivity contribution in [2.45, 2.75) is 25.9 Å². The lowest BCUT2D eigenvalue weighted by molar-refractivity contribution is -0.433. The molecule has 39 heavy (non-hydrogen) atoms. The van der Waals surface area contributed by atoms with Crippen molar-refractivity contribution >= 4 is 12.1 Å². The SMILES string of the molecule is CC1=C([N+](=O)[O-])C(c2ccc(OCOc3ccc(C4NC(=O)N(C)C(C)=C4[N+](=O)[O-])cc3)cc2)NC(=O)N1C. The molecule has 0 spiro atoms. The van der Waals surface area contributed by atoms with Gasteiger partial charge in [0.15, 0.2) is 0 Å². The zero-order valence-corrected chi connectivity index (χ0v) is 21.5. The Morgan fingerprint density at radius 2 is 1.05 bits per heavy atom. The lowest BCUT2D eigenvalue weighted by Gasteiger charge is -2.29. The van der Waals surface area contributed by atoms with E-state index >= 15 is 0 Å². The molecule has 14 nitrogen and oxygen atoms in total. The molecule has 2 aliphatic rings. The second-order valence-electron chi connectivity index (χ2n) is 8.88. The number of carbonyl (C=O) groups is 2. The molecular formula is C25H26N6O8. The molecule has 2 aromatic carbocycles. The minimum Gasteiger partial charge on any atom is -0.458 e. The molecule has 2 atom stereocenters. The Labute approximate surface area is 222 Å². The average molecular weight is 539 g/mol. The summed E-state index contributed by atoms with van der Waals surface area (Å²) < 4.78 is 11.2. The first-order valence-corrected chi connectivity index (χ1v) is 11.7. The standard InChI is InChI=1S/C25H26N6O8/c1-14-22(30(34)35)20(26-24(32)28(14)3)16-5-9-18(10-6-16)38-13-39-19-11-7-17(8-12-19)21-23(31(36)37)15(2)29(4)25(33)27-21/h5-12,20-21H,13H2,1-4H3,(H,26,32)(H,27,33). The van der Waals surface area contributed by atoms with Gasteiger partial charge < -0.3 is 20.1 Å². The Bertz CT molecular complexity index is 1280. The predicted molar refractivity (Wildman–Crippen MR) is 136 cm³/mol. The molecule has 0 aromatic heterocycles. The molecule has 0 saturated carbocycles. The number of nitrogens with one attached hydrogen (secondary N) is 2. The van der Waals surface area contributed by atoms with Gasteiger partial charge in [0.2, 0.25) is 6.79 Å². The number of hydrogen-bond donors (Lipinski definition) is 2. The van der Waals surface area contributed by atoms with Gasteiger partial charge >= 0.3 is 12.1 Å². The van der Waals surface area contributed by atoms with Crippen molar-refractivity contribution in [3.05, 3.63) is 103 Å². The number of urea groups is 2. The van der Waals surface area contributed by atoms with Crippen LogP contribution in [0.2, 0.25) is 0 Å². The topological polar surface area (TPSA) is 169 Å². The van der Waals surface area contributed by atoms with Crippen molar-refractivity contribution in [1.82, 2.24) is 20.4 Å². The molecule has 0 fully saturated rings. The first kappa shape index (κ1) is 26.9. The number of ether oxygens (including phenoxy) is 2. The second-order valence-corrected chi connectivity index (χ2v) is 8.88. The summed E-state index contributed by atoms with van der Waals surface area (Å²) in [7, 11) is 2.92. The molecular weight excluding hydrogens is 512 g/mol. The van der Waals surface area contributed by atoms with Crippen molar-refractivity contribution in [2.24, 2.45) is 0 Å². The molecule has 0 saturated heterocycles. The van der Waals surface area contributed by atoms with Crippen LogP contribution in [0.1, 0.15) is 37.1 Å². The van der Waals surface area contributed by atoms with Crippen LogP contribution < -0.4 is 20.1 Å². The monoisotopic (exact) mass is 538 g/mol. The zero-order valence-electron chi connectivity index (χ0n) is 21.5. The van der Waals surface area contributed by atoms with E-state index in [0.717, 1.165) is 0 Å². The molecule has 2 aromatic rings. The Morgan fingerprint density at radius 1 is 0.718 bits per heavy atom. The third-order valence-corrected chi connectivity index (χ3v) is 6.71. The second kappa shape index (κ2) is 10.7. The fourth-order valence-electron chi connectivity index (χ4n) is 4.28. The maximum atomic E-state index is 12.2. The first-order chi connectivity index (χ1) is 18.5. The van der Waals surface area contributed by atoms with Crippen molar-refractivity contribution in [1.29, 1.82) is 0 Å². The molecule has 0 aliphatic carbocycles. The summed E-state index contributed by atoms with van der Waals surface area (Å²) in [6.45, 7) is 2.88. The Kier molecular flexibility index (Phi) is 7.38. The van der Waals surface area contributed by atoms with E-state index in [9.17, 15) is 29.8 Å². The van der Waals surface area contributed by atoms with E-state index in [4.69, 9.17) is 9.47 Å². The van der Waals surface area contributed by atoms with Gasteiger partial charge in [-0.2, -0.15) is 0 Å². The van der Waals surface area contributed by atoms with E-state index in [1.165, 1.54) is 37.7 Å². The lowest BCUT2D eigenvalue weighted by Crippen LogP contribution is -2.45. The molecule has 0 bridgehead atoms. The third-order valence-electron chi connectivity index (χ3n) is 6.71. The van der Waals surface area contributed by atoms with E-state index in [2.05, 4.69) is 10.6 Å². The summed E-state index contributed by atoms with van der Waals surface area (Å²) in [5.74, 6) is 0.867. The molecule has 0 radical (unpaired) electrons. The quantitative estimate of drug-likeness (QED) is 0.292. The van der Waals surface area contributed by atoms with Gasteiger partial charge in [-0.1, -0.05) is 24.3 Å². The van der Waals surface area contributed by atoms with Crippen LogP contribution in [0.3, 0.4) is 0 Å². The maximum Gasteiger partial charge on any atom is 0.322 e. The summed E-state index contributed by atoms with van der Waals surface area (Å²) in [6.07, 6.45) is 0. The summed E-state index contributed by atoms with van der Waals surface area (Å²) >= 11 is 0. The van der Waals surface area contributed by atoms with Gasteiger partial charge in [-0.25, -0.2) is 9.59 Å². The largest absolute Gasteiger partial charge is 0.458 e. The summed E-state index contributed by atoms with van der Waals surface area (Å²) in [5, 5.41) is 28.5. The minimum absolute atomic E-state index is 0.117. The van der Waals surface area contributed by atoms with E-state index in [1.54, 1.807) is 48.5 Å². The highest BCUT2D eigenvalue weighted by atomic mass is 16.7. The predicted octanol–water partition coefficient (Wildman–Crippen LogP) is 3.51. The summed E-state index contributed by atoms with van der Waals surface area (Å²) in [5.41, 5.74) is 1.32. The fraction of sp³-hybridized carbons (Fsp3) is 0.280. The van der Waals surface area contributed by atoms with Crippen LogP contribution in [-0.2, 0) is 0 Å². The summed E-state index contributed by atoms with van der Waals surface area (Å²) in [6, 6.07) is 10.2. The molecule has 2 N–H and O–H groups in total. The third kappa shape index (κ3) is 5.30. The number of nitro groups is 2. The van der Waals surface area contributed by atoms with Gasteiger partial charge in [0, 0.05) is 14.1 Å². The van der Waals surface area contributed by atoms with Crippen LogP contribution in [0.4, 0.5) is 9.59 Å². The van der Waals surface area contributed by atoms with Crippen LogP contribution >= 0.6 is 0 Å². The fourth-order valence-corrected chi connectivity index (χ4v) is 4.28. The van der Waals surface area contributed by atoms with Gasteiger partial charge in [-0.15, -0.1) is 0 Å². The number of carbonyl (C=O) groups excluding carboxylic acids is 2. The van der Waals surface area contributed by atoms with Crippen LogP contribution in [0.25, 0.3) is 0 Å². The number of rotatable bonds is 8. The number of nitrogens with zero attached hydrogens (tertiary/aromatic N) is 4. The van der Waals surface area contributed by atoms with Gasteiger partial charge in [-0.3, -0.25) is 30.0 Å². The molecule has 14 heteroatoms. The molecule has 4 amide bonds. The zero-order chi connectivity index (χ0) is 28.4. The van der Waals surface area contributed by atoms with Crippen LogP contribution in [-0.4, -0.2) is 52.6 Å². The minimum atomic E-state index is -0.906. The molecule has 2 heterocycles. The molecule has 2 aliphatic heterocycles. The normalized spacial score (nSPS) is 19.5. The number of hydrogen-bond acceptors (Lipinski definition) is 8. The highest BCUT2D eigenvalue weighted by molar-refractivity contribution is 5.79. The average Bonchev–Trinajstić information content (AvgIpc) is 2.90. The molecule has 4 rings (SSSR count). The van der Waals surface area contributed by atoms with Gasteiger partial charge in [0.1, 0.15) is 23.6 Å². The van der Waals surface area contributed by atoms with E-state index in [1.807, 2.05) is 0 Å². The Hall–Kier alpha value is -5.14. The number of benzene rings is 2. The first-order valence-electron chi connectivity index (χ1n) is 11.7. The Balaban J connectivity index is 1.39. The van der Waals surface area contributed by atoms with E-state index in [-0.39, 0.29) is 29.6 Å². The smallest absolute Gasteiger partial charge is 0.322 e. The Morgan fingerprint density at radius 3 is 1.36 bits per heavy atom. The van der Waals surface area contributed by atoms with E-state index < -0.39 is 34.0 Å². The summed E-state index contributed by atoms with van der Waals surface area (Å²) in [4.78, 5) is 48.9. The maximum absolute atomic E-state index is 12.2. The molecule has 204 valence electrons. The van der Waals surface area contributed by atoms with Crippen molar-refractivity contribution < 1.29 is 28.9 Å². The van der Waals surface area contributed by atoms with Crippen LogP contribution in [0, 0.1) is 20.2 Å². The van der Waals surface area contributed by atoms with Crippen molar-refractivity contribution in [2.75, 3.05) is 20.9 Å². The van der Waals surface area contributed by atoms with Crippen LogP contribution in [0.5, 0.6) is 11.5 Å². The van der Waals surface area contributed by atoms with Gasteiger partial charge in [0.25, 0.3) is 11.4 Å². The van der Waals surface area contributed by atoms with E-state index in [0.29, 0.717) is 22.6 Å². The highest BCUT2D eigenvalue weighted by Crippen LogP contribution is 2.32. The molecule has 2 unspecified atom stereocenters. The number of amides is 4. The highest BCUT2D eigenvalue weighted by Gasteiger charge is 2.39. The number of allylic oxidation sites excluding steroid dienone is 2. The lowest BCUT2D eigenvalue weighted by atomic mass is 10.0. The van der Waals surface area contributed by atoms with Gasteiger partial charge in [0.05, 0.1) is 21.2 Å².